The lowest BCUT2D eigenvalue weighted by atomic mass is 10.2. The van der Waals surface area contributed by atoms with E-state index in [1.54, 1.807) is 0 Å². The number of amides is 1. The summed E-state index contributed by atoms with van der Waals surface area (Å²) in [5.74, 6) is -0.485. The summed E-state index contributed by atoms with van der Waals surface area (Å²) in [6.07, 6.45) is 4.10. The SMILES string of the molecule is CCCCCc1nnc(NC(=O)c2ccc(Cl)c([N+](=O)[O-])c2)s1. The molecule has 122 valence electrons. The molecule has 0 radical (unpaired) electrons. The second-order valence-corrected chi connectivity index (χ2v) is 6.30. The number of aryl methyl sites for hydroxylation is 1. The standard InChI is InChI=1S/C14H15ClN4O3S/c1-2-3-4-5-12-17-18-14(23-12)16-13(20)9-6-7-10(15)11(8-9)19(21)22/h6-8H,2-5H2,1H3,(H,16,18,20). The number of nitro groups is 1. The molecule has 1 amide bonds. The summed E-state index contributed by atoms with van der Waals surface area (Å²) < 4.78 is 0. The maximum atomic E-state index is 12.1. The molecule has 1 aromatic heterocycles. The Labute approximate surface area is 141 Å². The molecule has 0 aliphatic rings. The second kappa shape index (κ2) is 7.98. The number of nitrogens with zero attached hydrogens (tertiary/aromatic N) is 3. The van der Waals surface area contributed by atoms with Gasteiger partial charge in [0.15, 0.2) is 0 Å². The van der Waals surface area contributed by atoms with Gasteiger partial charge in [0.2, 0.25) is 5.13 Å². The van der Waals surface area contributed by atoms with Crippen LogP contribution in [0.4, 0.5) is 10.8 Å². The maximum absolute atomic E-state index is 12.1. The first-order valence-corrected chi connectivity index (χ1v) is 8.28. The molecular weight excluding hydrogens is 340 g/mol. The lowest BCUT2D eigenvalue weighted by Gasteiger charge is -2.02. The molecule has 0 atom stereocenters. The van der Waals surface area contributed by atoms with E-state index in [1.807, 2.05) is 0 Å². The molecule has 0 saturated heterocycles. The fourth-order valence-corrected chi connectivity index (χ4v) is 2.86. The molecule has 1 N–H and O–H groups in total. The average Bonchev–Trinajstić information content (AvgIpc) is 2.95. The summed E-state index contributed by atoms with van der Waals surface area (Å²) in [4.78, 5) is 22.4. The number of halogens is 1. The minimum atomic E-state index is -0.629. The zero-order valence-corrected chi connectivity index (χ0v) is 14.0. The van der Waals surface area contributed by atoms with Crippen molar-refractivity contribution in [1.82, 2.24) is 10.2 Å². The van der Waals surface area contributed by atoms with Crippen molar-refractivity contribution in [3.63, 3.8) is 0 Å². The van der Waals surface area contributed by atoms with Crippen LogP contribution < -0.4 is 5.32 Å². The van der Waals surface area contributed by atoms with Gasteiger partial charge in [-0.25, -0.2) is 0 Å². The van der Waals surface area contributed by atoms with Gasteiger partial charge in [-0.15, -0.1) is 10.2 Å². The number of hydrogen-bond acceptors (Lipinski definition) is 6. The predicted molar refractivity (Wildman–Crippen MR) is 89.2 cm³/mol. The number of anilines is 1. The van der Waals surface area contributed by atoms with Crippen LogP contribution in [0.1, 0.15) is 41.6 Å². The molecule has 0 aliphatic carbocycles. The molecule has 0 bridgehead atoms. The predicted octanol–water partition coefficient (Wildman–Crippen LogP) is 4.08. The van der Waals surface area contributed by atoms with Gasteiger partial charge in [0.1, 0.15) is 10.0 Å². The van der Waals surface area contributed by atoms with Crippen molar-refractivity contribution in [2.75, 3.05) is 5.32 Å². The molecule has 0 fully saturated rings. The van der Waals surface area contributed by atoms with Crippen molar-refractivity contribution in [2.24, 2.45) is 0 Å². The number of unbranched alkanes of at least 4 members (excludes halogenated alkanes) is 2. The van der Waals surface area contributed by atoms with Gasteiger partial charge in [-0.2, -0.15) is 0 Å². The fourth-order valence-electron chi connectivity index (χ4n) is 1.89. The van der Waals surface area contributed by atoms with Crippen LogP contribution in [0.25, 0.3) is 0 Å². The highest BCUT2D eigenvalue weighted by Crippen LogP contribution is 2.26. The van der Waals surface area contributed by atoms with Crippen LogP contribution in [0.15, 0.2) is 18.2 Å². The molecule has 9 heteroatoms. The van der Waals surface area contributed by atoms with Crippen molar-refractivity contribution in [3.8, 4) is 0 Å². The van der Waals surface area contributed by atoms with Crippen molar-refractivity contribution in [2.45, 2.75) is 32.6 Å². The van der Waals surface area contributed by atoms with Crippen molar-refractivity contribution in [1.29, 1.82) is 0 Å². The Morgan fingerprint density at radius 1 is 1.39 bits per heavy atom. The average molecular weight is 355 g/mol. The van der Waals surface area contributed by atoms with Crippen LogP contribution in [0, 0.1) is 10.1 Å². The molecule has 2 aromatic rings. The van der Waals surface area contributed by atoms with Crippen molar-refractivity contribution in [3.05, 3.63) is 43.9 Å². The third-order valence-corrected chi connectivity index (χ3v) is 4.30. The van der Waals surface area contributed by atoms with Gasteiger partial charge in [-0.3, -0.25) is 20.2 Å². The van der Waals surface area contributed by atoms with Gasteiger partial charge in [-0.1, -0.05) is 42.7 Å². The largest absolute Gasteiger partial charge is 0.296 e. The zero-order chi connectivity index (χ0) is 16.8. The van der Waals surface area contributed by atoms with E-state index in [4.69, 9.17) is 11.6 Å². The Bertz CT molecular complexity index is 720. The second-order valence-electron chi connectivity index (χ2n) is 4.84. The zero-order valence-electron chi connectivity index (χ0n) is 12.4. The lowest BCUT2D eigenvalue weighted by molar-refractivity contribution is -0.384. The Hall–Kier alpha value is -2.06. The van der Waals surface area contributed by atoms with Crippen LogP contribution in [0.2, 0.25) is 5.02 Å². The number of hydrogen-bond donors (Lipinski definition) is 1. The Balaban J connectivity index is 2.04. The third kappa shape index (κ3) is 4.70. The summed E-state index contributed by atoms with van der Waals surface area (Å²) in [5.41, 5.74) is -0.166. The Morgan fingerprint density at radius 2 is 2.17 bits per heavy atom. The van der Waals surface area contributed by atoms with Gasteiger partial charge >= 0.3 is 0 Å². The summed E-state index contributed by atoms with van der Waals surface area (Å²) in [6.45, 7) is 2.12. The smallest absolute Gasteiger partial charge is 0.288 e. The molecule has 7 nitrogen and oxygen atoms in total. The number of carbonyl (C=O) groups excluding carboxylic acids is 1. The molecule has 0 spiro atoms. The van der Waals surface area contributed by atoms with Gasteiger partial charge in [0.05, 0.1) is 4.92 Å². The van der Waals surface area contributed by atoms with Crippen molar-refractivity contribution >= 4 is 39.7 Å². The van der Waals surface area contributed by atoms with E-state index >= 15 is 0 Å². The number of benzene rings is 1. The van der Waals surface area contributed by atoms with E-state index in [2.05, 4.69) is 22.4 Å². The fraction of sp³-hybridized carbons (Fsp3) is 0.357. The van der Waals surface area contributed by atoms with Crippen LogP contribution in [-0.2, 0) is 6.42 Å². The van der Waals surface area contributed by atoms with E-state index in [0.717, 1.165) is 36.8 Å². The molecule has 23 heavy (non-hydrogen) atoms. The molecule has 0 unspecified atom stereocenters. The summed E-state index contributed by atoms with van der Waals surface area (Å²) in [6, 6.07) is 3.89. The Morgan fingerprint density at radius 3 is 2.87 bits per heavy atom. The quantitative estimate of drug-likeness (QED) is 0.458. The van der Waals surface area contributed by atoms with Crippen molar-refractivity contribution < 1.29 is 9.72 Å². The highest BCUT2D eigenvalue weighted by molar-refractivity contribution is 7.15. The van der Waals surface area contributed by atoms with Crippen LogP contribution >= 0.6 is 22.9 Å². The van der Waals surface area contributed by atoms with Crippen LogP contribution in [0.3, 0.4) is 0 Å². The normalized spacial score (nSPS) is 10.5. The summed E-state index contributed by atoms with van der Waals surface area (Å²) in [7, 11) is 0. The minimum absolute atomic E-state index is 0.0133. The Kier molecular flexibility index (Phi) is 6.00. The first-order valence-electron chi connectivity index (χ1n) is 7.09. The summed E-state index contributed by atoms with van der Waals surface area (Å²) >= 11 is 7.03. The number of aromatic nitrogens is 2. The first kappa shape index (κ1) is 17.3. The van der Waals surface area contributed by atoms with Gasteiger partial charge in [-0.05, 0) is 18.6 Å². The van der Waals surface area contributed by atoms with Gasteiger partial charge in [0, 0.05) is 18.1 Å². The number of carbonyl (C=O) groups is 1. The van der Waals surface area contributed by atoms with E-state index in [-0.39, 0.29) is 16.3 Å². The van der Waals surface area contributed by atoms with Gasteiger partial charge in [0.25, 0.3) is 11.6 Å². The first-order chi connectivity index (χ1) is 11.0. The van der Waals surface area contributed by atoms with E-state index < -0.39 is 10.8 Å². The highest BCUT2D eigenvalue weighted by atomic mass is 35.5. The molecular formula is C14H15ClN4O3S. The maximum Gasteiger partial charge on any atom is 0.288 e. The number of rotatable bonds is 7. The van der Waals surface area contributed by atoms with Crippen LogP contribution in [0.5, 0.6) is 0 Å². The molecule has 0 aliphatic heterocycles. The van der Waals surface area contributed by atoms with Crippen LogP contribution in [-0.4, -0.2) is 21.0 Å². The lowest BCUT2D eigenvalue weighted by Crippen LogP contribution is -2.12. The molecule has 0 saturated carbocycles. The topological polar surface area (TPSA) is 98.0 Å². The number of nitrogens with one attached hydrogen (secondary N) is 1. The molecule has 2 rings (SSSR count). The number of nitro benzene ring substituents is 1. The molecule has 1 heterocycles. The van der Waals surface area contributed by atoms with E-state index in [0.29, 0.717) is 5.13 Å². The third-order valence-electron chi connectivity index (χ3n) is 3.09. The van der Waals surface area contributed by atoms with Gasteiger partial charge < -0.3 is 0 Å². The monoisotopic (exact) mass is 354 g/mol. The minimum Gasteiger partial charge on any atom is -0.296 e. The highest BCUT2D eigenvalue weighted by Gasteiger charge is 2.17. The van der Waals surface area contributed by atoms with E-state index in [9.17, 15) is 14.9 Å². The summed E-state index contributed by atoms with van der Waals surface area (Å²) in [5, 5.41) is 22.6. The van der Waals surface area contributed by atoms with E-state index in [1.165, 1.54) is 23.5 Å². The molecule has 1 aromatic carbocycles.